The highest BCUT2D eigenvalue weighted by molar-refractivity contribution is 7.91. The Morgan fingerprint density at radius 2 is 2.15 bits per heavy atom. The molecule has 1 aliphatic carbocycles. The van der Waals surface area contributed by atoms with Gasteiger partial charge in [-0.3, -0.25) is 0 Å². The Hall–Kier alpha value is -0.310. The Bertz CT molecular complexity index is 267. The Morgan fingerprint density at radius 3 is 2.69 bits per heavy atom. The average Bonchev–Trinajstić information content (AvgIpc) is 2.04. The van der Waals surface area contributed by atoms with Crippen LogP contribution in [-0.2, 0) is 9.84 Å². The predicted octanol–water partition coefficient (Wildman–Crippen LogP) is 2.17. The SMILES string of the molecule is C=CCC1CCCC(S(C)(=O)=O)C1. The van der Waals surface area contributed by atoms with E-state index >= 15 is 0 Å². The molecule has 1 aliphatic rings. The van der Waals surface area contributed by atoms with Crippen LogP contribution in [0.15, 0.2) is 12.7 Å². The van der Waals surface area contributed by atoms with Crippen LogP contribution < -0.4 is 0 Å². The normalized spacial score (nSPS) is 29.9. The molecule has 2 unspecified atom stereocenters. The third-order valence-electron chi connectivity index (χ3n) is 2.84. The zero-order valence-corrected chi connectivity index (χ0v) is 9.02. The van der Waals surface area contributed by atoms with Gasteiger partial charge in [0.05, 0.1) is 5.25 Å². The highest BCUT2D eigenvalue weighted by Crippen LogP contribution is 2.30. The van der Waals surface area contributed by atoms with Gasteiger partial charge in [0.1, 0.15) is 9.84 Å². The lowest BCUT2D eigenvalue weighted by Gasteiger charge is -2.27. The molecule has 0 aliphatic heterocycles. The van der Waals surface area contributed by atoms with Gasteiger partial charge < -0.3 is 0 Å². The van der Waals surface area contributed by atoms with E-state index in [1.54, 1.807) is 0 Å². The van der Waals surface area contributed by atoms with Crippen LogP contribution in [0.3, 0.4) is 0 Å². The summed E-state index contributed by atoms with van der Waals surface area (Å²) in [6, 6.07) is 0. The van der Waals surface area contributed by atoms with Crippen LogP contribution in [0.2, 0.25) is 0 Å². The summed E-state index contributed by atoms with van der Waals surface area (Å²) in [5.74, 6) is 0.547. The Labute approximate surface area is 81.0 Å². The van der Waals surface area contributed by atoms with Gasteiger partial charge in [-0.25, -0.2) is 8.42 Å². The summed E-state index contributed by atoms with van der Waals surface area (Å²) in [5.41, 5.74) is 0. The molecule has 76 valence electrons. The number of rotatable bonds is 3. The molecule has 0 aromatic carbocycles. The molecule has 0 N–H and O–H groups in total. The van der Waals surface area contributed by atoms with Crippen molar-refractivity contribution in [3.8, 4) is 0 Å². The van der Waals surface area contributed by atoms with E-state index in [9.17, 15) is 8.42 Å². The molecular formula is C10H18O2S. The smallest absolute Gasteiger partial charge is 0.150 e. The van der Waals surface area contributed by atoms with Crippen LogP contribution in [0.5, 0.6) is 0 Å². The zero-order valence-electron chi connectivity index (χ0n) is 8.20. The third-order valence-corrected chi connectivity index (χ3v) is 4.48. The van der Waals surface area contributed by atoms with E-state index in [0.717, 1.165) is 32.1 Å². The molecule has 0 aromatic heterocycles. The standard InChI is InChI=1S/C10H18O2S/c1-3-5-9-6-4-7-10(8-9)13(2,11)12/h3,9-10H,1,4-8H2,2H3. The van der Waals surface area contributed by atoms with Crippen molar-refractivity contribution < 1.29 is 8.42 Å². The lowest BCUT2D eigenvalue weighted by atomic mass is 9.87. The molecule has 2 atom stereocenters. The van der Waals surface area contributed by atoms with Gasteiger partial charge >= 0.3 is 0 Å². The number of hydrogen-bond acceptors (Lipinski definition) is 2. The van der Waals surface area contributed by atoms with Crippen LogP contribution in [0, 0.1) is 5.92 Å². The third kappa shape index (κ3) is 3.14. The summed E-state index contributed by atoms with van der Waals surface area (Å²) in [6.07, 6.45) is 8.13. The van der Waals surface area contributed by atoms with E-state index in [-0.39, 0.29) is 5.25 Å². The number of allylic oxidation sites excluding steroid dienone is 1. The minimum Gasteiger partial charge on any atom is -0.229 e. The van der Waals surface area contributed by atoms with Gasteiger partial charge in [-0.05, 0) is 25.2 Å². The molecule has 0 spiro atoms. The van der Waals surface area contributed by atoms with E-state index in [1.807, 2.05) is 6.08 Å². The summed E-state index contributed by atoms with van der Waals surface area (Å²) in [5, 5.41) is -0.0915. The first-order valence-electron chi connectivity index (χ1n) is 4.84. The zero-order chi connectivity index (χ0) is 9.90. The average molecular weight is 202 g/mol. The largest absolute Gasteiger partial charge is 0.229 e. The Balaban J connectivity index is 2.56. The maximum absolute atomic E-state index is 11.3. The van der Waals surface area contributed by atoms with Crippen molar-refractivity contribution in [2.45, 2.75) is 37.4 Å². The fourth-order valence-corrected chi connectivity index (χ4v) is 3.30. The molecule has 1 rings (SSSR count). The van der Waals surface area contributed by atoms with Crippen molar-refractivity contribution in [3.05, 3.63) is 12.7 Å². The van der Waals surface area contributed by atoms with Crippen molar-refractivity contribution in [1.29, 1.82) is 0 Å². The first-order valence-corrected chi connectivity index (χ1v) is 6.79. The molecule has 1 fully saturated rings. The number of hydrogen-bond donors (Lipinski definition) is 0. The van der Waals surface area contributed by atoms with E-state index in [0.29, 0.717) is 5.92 Å². The first kappa shape index (κ1) is 10.8. The summed E-state index contributed by atoms with van der Waals surface area (Å²) >= 11 is 0. The van der Waals surface area contributed by atoms with Gasteiger partial charge in [0.15, 0.2) is 0 Å². The second kappa shape index (κ2) is 4.27. The van der Waals surface area contributed by atoms with E-state index in [4.69, 9.17) is 0 Å². The van der Waals surface area contributed by atoms with Gasteiger partial charge in [-0.1, -0.05) is 18.9 Å². The molecule has 2 nitrogen and oxygen atoms in total. The van der Waals surface area contributed by atoms with Crippen molar-refractivity contribution >= 4 is 9.84 Å². The van der Waals surface area contributed by atoms with Crippen molar-refractivity contribution in [1.82, 2.24) is 0 Å². The molecule has 3 heteroatoms. The maximum atomic E-state index is 11.3. The van der Waals surface area contributed by atoms with Crippen LogP contribution in [-0.4, -0.2) is 19.9 Å². The van der Waals surface area contributed by atoms with Gasteiger partial charge in [0.2, 0.25) is 0 Å². The minimum absolute atomic E-state index is 0.0915. The Kier molecular flexibility index (Phi) is 3.54. The molecule has 0 heterocycles. The van der Waals surface area contributed by atoms with Crippen molar-refractivity contribution in [2.24, 2.45) is 5.92 Å². The topological polar surface area (TPSA) is 34.1 Å². The van der Waals surface area contributed by atoms with E-state index in [2.05, 4.69) is 6.58 Å². The highest BCUT2D eigenvalue weighted by atomic mass is 32.2. The van der Waals surface area contributed by atoms with Crippen molar-refractivity contribution in [3.63, 3.8) is 0 Å². The monoisotopic (exact) mass is 202 g/mol. The molecular weight excluding hydrogens is 184 g/mol. The molecule has 0 amide bonds. The molecule has 0 radical (unpaired) electrons. The van der Waals surface area contributed by atoms with Crippen LogP contribution >= 0.6 is 0 Å². The summed E-state index contributed by atoms with van der Waals surface area (Å²) in [6.45, 7) is 3.69. The van der Waals surface area contributed by atoms with E-state index < -0.39 is 9.84 Å². The van der Waals surface area contributed by atoms with Crippen molar-refractivity contribution in [2.75, 3.05) is 6.26 Å². The second-order valence-electron chi connectivity index (χ2n) is 4.01. The maximum Gasteiger partial charge on any atom is 0.150 e. The molecule has 0 bridgehead atoms. The van der Waals surface area contributed by atoms with E-state index in [1.165, 1.54) is 6.26 Å². The summed E-state index contributed by atoms with van der Waals surface area (Å²) in [4.78, 5) is 0. The lowest BCUT2D eigenvalue weighted by molar-refractivity contribution is 0.360. The van der Waals surface area contributed by atoms with Gasteiger partial charge in [-0.15, -0.1) is 6.58 Å². The predicted molar refractivity (Wildman–Crippen MR) is 55.4 cm³/mol. The van der Waals surface area contributed by atoms with Gasteiger partial charge in [0, 0.05) is 6.26 Å². The van der Waals surface area contributed by atoms with Crippen LogP contribution in [0.25, 0.3) is 0 Å². The second-order valence-corrected chi connectivity index (χ2v) is 6.33. The molecule has 13 heavy (non-hydrogen) atoms. The molecule has 0 aromatic rings. The van der Waals surface area contributed by atoms with Crippen LogP contribution in [0.4, 0.5) is 0 Å². The summed E-state index contributed by atoms with van der Waals surface area (Å²) < 4.78 is 22.6. The summed E-state index contributed by atoms with van der Waals surface area (Å²) in [7, 11) is -2.81. The van der Waals surface area contributed by atoms with Gasteiger partial charge in [0.25, 0.3) is 0 Å². The molecule has 0 saturated heterocycles. The minimum atomic E-state index is -2.81. The molecule has 1 saturated carbocycles. The lowest BCUT2D eigenvalue weighted by Crippen LogP contribution is -2.27. The highest BCUT2D eigenvalue weighted by Gasteiger charge is 2.27. The quantitative estimate of drug-likeness (QED) is 0.657. The van der Waals surface area contributed by atoms with Gasteiger partial charge in [-0.2, -0.15) is 0 Å². The first-order chi connectivity index (χ1) is 6.04. The number of sulfone groups is 1. The Morgan fingerprint density at radius 1 is 1.46 bits per heavy atom. The fraction of sp³-hybridized carbons (Fsp3) is 0.800. The van der Waals surface area contributed by atoms with Crippen LogP contribution in [0.1, 0.15) is 32.1 Å². The fourth-order valence-electron chi connectivity index (χ4n) is 2.08.